The van der Waals surface area contributed by atoms with Crippen molar-refractivity contribution in [3.8, 4) is 0 Å². The predicted octanol–water partition coefficient (Wildman–Crippen LogP) is -4.70. The molecule has 3 aliphatic rings. The monoisotopic (exact) mass is 591 g/mol. The number of nitrogens with two attached hydrogens (primary N) is 5. The van der Waals surface area contributed by atoms with Gasteiger partial charge in [-0.3, -0.25) is 9.79 Å². The molecule has 0 aromatic carbocycles. The summed E-state index contributed by atoms with van der Waals surface area (Å²) in [4.78, 5) is 16.9. The normalized spacial score (nSPS) is 43.0. The average molecular weight is 592 g/mol. The quantitative estimate of drug-likeness (QED) is 0.0798. The lowest BCUT2D eigenvalue weighted by atomic mass is 9.82. The molecule has 16 heteroatoms. The van der Waals surface area contributed by atoms with Gasteiger partial charge in [0, 0.05) is 12.0 Å². The van der Waals surface area contributed by atoms with Crippen molar-refractivity contribution < 1.29 is 44.2 Å². The van der Waals surface area contributed by atoms with Gasteiger partial charge < -0.3 is 73.4 Å². The van der Waals surface area contributed by atoms with E-state index in [9.17, 15) is 25.2 Å². The molecule has 1 saturated carbocycles. The Morgan fingerprint density at radius 2 is 1.80 bits per heavy atom. The zero-order chi connectivity index (χ0) is 30.5. The van der Waals surface area contributed by atoms with E-state index in [4.69, 9.17) is 47.6 Å². The highest BCUT2D eigenvalue weighted by Crippen LogP contribution is 2.34. The number of carbonyl (C=O) groups excluding carboxylic acids is 1. The van der Waals surface area contributed by atoms with Crippen LogP contribution >= 0.6 is 0 Å². The lowest BCUT2D eigenvalue weighted by Crippen LogP contribution is -2.68. The molecule has 2 heterocycles. The van der Waals surface area contributed by atoms with E-state index in [0.717, 1.165) is 0 Å². The van der Waals surface area contributed by atoms with Gasteiger partial charge in [0.2, 0.25) is 5.91 Å². The van der Waals surface area contributed by atoms with Gasteiger partial charge in [0.1, 0.15) is 36.4 Å². The third-order valence-electron chi connectivity index (χ3n) is 8.19. The third-order valence-corrected chi connectivity index (χ3v) is 8.19. The van der Waals surface area contributed by atoms with Crippen LogP contribution < -0.4 is 34.0 Å². The minimum Gasteiger partial charge on any atom is -0.388 e. The van der Waals surface area contributed by atoms with Gasteiger partial charge in [-0.15, -0.1) is 0 Å². The van der Waals surface area contributed by atoms with Gasteiger partial charge in [-0.05, 0) is 39.2 Å². The van der Waals surface area contributed by atoms with Crippen LogP contribution in [0.3, 0.4) is 0 Å². The molecule has 3 fully saturated rings. The molecular weight excluding hydrogens is 542 g/mol. The van der Waals surface area contributed by atoms with E-state index in [-0.39, 0.29) is 45.2 Å². The molecule has 0 bridgehead atoms. The fourth-order valence-corrected chi connectivity index (χ4v) is 5.24. The third kappa shape index (κ3) is 8.52. The van der Waals surface area contributed by atoms with Crippen molar-refractivity contribution in [1.29, 1.82) is 0 Å². The minimum absolute atomic E-state index is 0.0283. The first-order valence-electron chi connectivity index (χ1n) is 14.1. The van der Waals surface area contributed by atoms with E-state index < -0.39 is 78.7 Å². The minimum atomic E-state index is -1.44. The van der Waals surface area contributed by atoms with Gasteiger partial charge in [-0.25, -0.2) is 0 Å². The number of hydrogen-bond donors (Lipinski definition) is 10. The van der Waals surface area contributed by atoms with E-state index in [1.54, 1.807) is 6.92 Å². The smallest absolute Gasteiger partial charge is 0.249 e. The Morgan fingerprint density at radius 1 is 1.12 bits per heavy atom. The molecule has 0 spiro atoms. The Balaban J connectivity index is 1.78. The molecular formula is C25H49N7O9. The second-order valence-electron chi connectivity index (χ2n) is 11.5. The zero-order valence-corrected chi connectivity index (χ0v) is 23.7. The van der Waals surface area contributed by atoms with Crippen molar-refractivity contribution in [2.75, 3.05) is 26.2 Å². The number of nitrogens with one attached hydrogen (secondary N) is 1. The summed E-state index contributed by atoms with van der Waals surface area (Å²) in [6, 6.07) is -2.22. The molecule has 13 atom stereocenters. The summed E-state index contributed by atoms with van der Waals surface area (Å²) in [5.41, 5.74) is 28.1. The number of carbonyl (C=O) groups is 1. The lowest BCUT2D eigenvalue weighted by Gasteiger charge is -2.48. The molecule has 3 rings (SSSR count). The van der Waals surface area contributed by atoms with Crippen LogP contribution in [0.4, 0.5) is 0 Å². The molecule has 2 aliphatic heterocycles. The van der Waals surface area contributed by atoms with Crippen LogP contribution in [0.15, 0.2) is 4.99 Å². The van der Waals surface area contributed by atoms with E-state index in [2.05, 4.69) is 10.3 Å². The van der Waals surface area contributed by atoms with Crippen LogP contribution in [0.5, 0.6) is 0 Å². The number of hydrogen-bond acceptors (Lipinski definition) is 14. The van der Waals surface area contributed by atoms with Crippen molar-refractivity contribution >= 4 is 11.7 Å². The maximum Gasteiger partial charge on any atom is 0.249 e. The fraction of sp³-hybridized carbons (Fsp3) is 0.920. The Morgan fingerprint density at radius 3 is 2.46 bits per heavy atom. The van der Waals surface area contributed by atoms with Crippen LogP contribution in [-0.2, 0) is 23.7 Å². The number of nitrogens with zero attached hydrogens (tertiary/aromatic N) is 1. The van der Waals surface area contributed by atoms with Crippen molar-refractivity contribution in [2.24, 2.45) is 39.6 Å². The SMILES string of the molecule is C[C@@H]1C(O)[C@@H](OC2C(O)C(O[C@H]3O[C@H](CN=C(N)CN)CCC3N)[C@@H](N)C[C@H]2NC(=O)[C@@H](O)CCN)OCC1(C)O. The molecule has 238 valence electrons. The first kappa shape index (κ1) is 34.0. The van der Waals surface area contributed by atoms with E-state index in [1.807, 2.05) is 0 Å². The summed E-state index contributed by atoms with van der Waals surface area (Å²) in [7, 11) is 0. The molecule has 6 unspecified atom stereocenters. The van der Waals surface area contributed by atoms with E-state index in [0.29, 0.717) is 18.7 Å². The maximum absolute atomic E-state index is 12.7. The summed E-state index contributed by atoms with van der Waals surface area (Å²) in [5.74, 6) is -1.05. The highest BCUT2D eigenvalue weighted by molar-refractivity contribution is 5.82. The fourth-order valence-electron chi connectivity index (χ4n) is 5.24. The Bertz CT molecular complexity index is 884. The summed E-state index contributed by atoms with van der Waals surface area (Å²) in [6.07, 6.45) is -7.54. The molecule has 41 heavy (non-hydrogen) atoms. The van der Waals surface area contributed by atoms with Crippen molar-refractivity contribution in [1.82, 2.24) is 5.32 Å². The molecule has 0 aromatic rings. The number of amides is 1. The number of amidine groups is 1. The van der Waals surface area contributed by atoms with Gasteiger partial charge in [-0.2, -0.15) is 0 Å². The Labute approximate surface area is 239 Å². The number of rotatable bonds is 11. The molecule has 15 N–H and O–H groups in total. The van der Waals surface area contributed by atoms with E-state index in [1.165, 1.54) is 6.92 Å². The highest BCUT2D eigenvalue weighted by Gasteiger charge is 2.51. The molecule has 16 nitrogen and oxygen atoms in total. The summed E-state index contributed by atoms with van der Waals surface area (Å²) >= 11 is 0. The second-order valence-corrected chi connectivity index (χ2v) is 11.5. The Hall–Kier alpha value is -1.54. The standard InChI is InChI=1S/C25H49N7O9/c1-11-18(34)24(38-10-25(11,2)37)41-21-15(32-22(36)16(33)5-6-26)7-14(29)20(19(21)35)40-23-13(28)4-3-12(39-23)9-31-17(30)8-27/h11-16,18-21,23-24,33-35,37H,3-10,26-29H2,1-2H3,(H2,30,31)(H,32,36)/t11-,12+,13?,14+,15-,16+,18?,19?,20?,21?,23-,24-,25?/m1/s1. The molecule has 0 radical (unpaired) electrons. The zero-order valence-electron chi connectivity index (χ0n) is 23.7. The van der Waals surface area contributed by atoms with Crippen molar-refractivity contribution in [3.63, 3.8) is 0 Å². The van der Waals surface area contributed by atoms with Gasteiger partial charge in [-0.1, -0.05) is 6.92 Å². The largest absolute Gasteiger partial charge is 0.388 e. The number of aliphatic imine (C=N–C) groups is 1. The van der Waals surface area contributed by atoms with Crippen LogP contribution in [0.2, 0.25) is 0 Å². The average Bonchev–Trinajstić information content (AvgIpc) is 2.93. The Kier molecular flexibility index (Phi) is 12.2. The van der Waals surface area contributed by atoms with Crippen LogP contribution in [0.1, 0.15) is 39.5 Å². The maximum atomic E-state index is 12.7. The molecule has 1 amide bonds. The lowest BCUT2D eigenvalue weighted by molar-refractivity contribution is -0.313. The number of aliphatic hydroxyl groups is 4. The summed E-state index contributed by atoms with van der Waals surface area (Å²) in [5, 5.41) is 45.6. The predicted molar refractivity (Wildman–Crippen MR) is 147 cm³/mol. The number of ether oxygens (including phenoxy) is 4. The van der Waals surface area contributed by atoms with Gasteiger partial charge in [0.25, 0.3) is 0 Å². The van der Waals surface area contributed by atoms with E-state index >= 15 is 0 Å². The summed E-state index contributed by atoms with van der Waals surface area (Å²) in [6.45, 7) is 3.52. The van der Waals surface area contributed by atoms with Gasteiger partial charge >= 0.3 is 0 Å². The topological polar surface area (TPSA) is 289 Å². The molecule has 0 aromatic heterocycles. The van der Waals surface area contributed by atoms with Gasteiger partial charge in [0.05, 0.1) is 43.5 Å². The molecule has 1 aliphatic carbocycles. The number of aliphatic hydroxyl groups excluding tert-OH is 3. The second kappa shape index (κ2) is 14.8. The highest BCUT2D eigenvalue weighted by atomic mass is 16.7. The van der Waals surface area contributed by atoms with Crippen molar-refractivity contribution in [2.45, 2.75) is 112 Å². The van der Waals surface area contributed by atoms with Crippen molar-refractivity contribution in [3.05, 3.63) is 0 Å². The first-order valence-corrected chi connectivity index (χ1v) is 14.1. The van der Waals surface area contributed by atoms with Crippen LogP contribution in [-0.4, -0.2) is 131 Å². The van der Waals surface area contributed by atoms with Crippen LogP contribution in [0.25, 0.3) is 0 Å². The van der Waals surface area contributed by atoms with Gasteiger partial charge in [0.15, 0.2) is 12.6 Å². The summed E-state index contributed by atoms with van der Waals surface area (Å²) < 4.78 is 23.8. The first-order chi connectivity index (χ1) is 19.3. The molecule has 2 saturated heterocycles. The van der Waals surface area contributed by atoms with Crippen LogP contribution in [0, 0.1) is 5.92 Å².